The second-order valence-corrected chi connectivity index (χ2v) is 10.3. The molecule has 0 aliphatic carbocycles. The third-order valence-electron chi connectivity index (χ3n) is 2.52. The molecular weight excluding hydrogens is 270 g/mol. The van der Waals surface area contributed by atoms with Crippen molar-refractivity contribution in [2.24, 2.45) is 0 Å². The highest BCUT2D eigenvalue weighted by molar-refractivity contribution is 6.83. The summed E-state index contributed by atoms with van der Waals surface area (Å²) in [5, 5.41) is 10.9. The number of aromatic nitrogens is 2. The van der Waals surface area contributed by atoms with Gasteiger partial charge in [0.1, 0.15) is 13.9 Å². The van der Waals surface area contributed by atoms with E-state index in [0.717, 1.165) is 16.6 Å². The Morgan fingerprint density at radius 3 is 2.85 bits per heavy atom. The fraction of sp³-hybridized carbons (Fsp3) is 0.286. The summed E-state index contributed by atoms with van der Waals surface area (Å²) >= 11 is 0. The molecule has 0 aliphatic rings. The van der Waals surface area contributed by atoms with Crippen molar-refractivity contribution in [2.75, 3.05) is 0 Å². The zero-order valence-corrected chi connectivity index (χ0v) is 12.7. The van der Waals surface area contributed by atoms with Crippen LogP contribution in [-0.4, -0.2) is 29.2 Å². The molecule has 0 radical (unpaired) electrons. The van der Waals surface area contributed by atoms with Gasteiger partial charge in [-0.2, -0.15) is 0 Å². The Bertz CT molecular complexity index is 705. The van der Waals surface area contributed by atoms with Crippen LogP contribution in [0.3, 0.4) is 0 Å². The summed E-state index contributed by atoms with van der Waals surface area (Å²) in [5.74, 6) is 3.79. The standard InChI is InChI=1S/C14H17N3O2Si/c1-20(2,3)7-6-10-4-5-11-12(8-10)17-13(16-11)9-15-14(18)19/h4-5,8,15H,9H2,1-3H3,(H,16,17)(H,18,19). The van der Waals surface area contributed by atoms with Gasteiger partial charge in [-0.15, -0.1) is 5.54 Å². The van der Waals surface area contributed by atoms with Crippen LogP contribution < -0.4 is 5.32 Å². The largest absolute Gasteiger partial charge is 0.465 e. The summed E-state index contributed by atoms with van der Waals surface area (Å²) in [5.41, 5.74) is 5.94. The van der Waals surface area contributed by atoms with Crippen LogP contribution in [0.1, 0.15) is 11.4 Å². The lowest BCUT2D eigenvalue weighted by Crippen LogP contribution is -2.20. The third kappa shape index (κ3) is 3.86. The molecule has 1 amide bonds. The highest BCUT2D eigenvalue weighted by Crippen LogP contribution is 2.13. The first kappa shape index (κ1) is 14.2. The number of aromatic amines is 1. The molecule has 0 aliphatic heterocycles. The van der Waals surface area contributed by atoms with Crippen LogP contribution in [-0.2, 0) is 6.54 Å². The number of nitrogens with one attached hydrogen (secondary N) is 2. The quantitative estimate of drug-likeness (QED) is 0.587. The lowest BCUT2D eigenvalue weighted by Gasteiger charge is -2.03. The summed E-state index contributed by atoms with van der Waals surface area (Å²) in [6.45, 7) is 6.76. The molecule has 1 heterocycles. The Balaban J connectivity index is 2.25. The molecule has 0 bridgehead atoms. The number of carboxylic acid groups (broad SMARTS) is 1. The first-order chi connectivity index (χ1) is 9.33. The second kappa shape index (κ2) is 5.39. The predicted octanol–water partition coefficient (Wildman–Crippen LogP) is 2.56. The van der Waals surface area contributed by atoms with Crippen LogP contribution in [0.4, 0.5) is 4.79 Å². The molecule has 0 fully saturated rings. The number of fused-ring (bicyclic) bond motifs is 1. The molecule has 0 saturated carbocycles. The van der Waals surface area contributed by atoms with Gasteiger partial charge in [-0.1, -0.05) is 25.6 Å². The number of hydrogen-bond donors (Lipinski definition) is 3. The van der Waals surface area contributed by atoms with Gasteiger partial charge in [-0.3, -0.25) is 0 Å². The Morgan fingerprint density at radius 1 is 1.45 bits per heavy atom. The van der Waals surface area contributed by atoms with Crippen molar-refractivity contribution in [3.05, 3.63) is 29.6 Å². The third-order valence-corrected chi connectivity index (χ3v) is 3.39. The number of imidazole rings is 1. The van der Waals surface area contributed by atoms with Gasteiger partial charge in [0.15, 0.2) is 0 Å². The molecule has 1 aromatic heterocycles. The minimum Gasteiger partial charge on any atom is -0.465 e. The van der Waals surface area contributed by atoms with Crippen LogP contribution in [0, 0.1) is 11.5 Å². The number of nitrogens with zero attached hydrogens (tertiary/aromatic N) is 1. The van der Waals surface area contributed by atoms with E-state index in [9.17, 15) is 4.79 Å². The number of benzene rings is 1. The predicted molar refractivity (Wildman–Crippen MR) is 81.2 cm³/mol. The summed E-state index contributed by atoms with van der Waals surface area (Å²) in [6, 6.07) is 5.77. The van der Waals surface area contributed by atoms with Crippen molar-refractivity contribution >= 4 is 25.2 Å². The molecule has 3 N–H and O–H groups in total. The van der Waals surface area contributed by atoms with Crippen molar-refractivity contribution in [2.45, 2.75) is 26.2 Å². The van der Waals surface area contributed by atoms with E-state index in [1.165, 1.54) is 0 Å². The Hall–Kier alpha value is -2.26. The Morgan fingerprint density at radius 2 is 2.20 bits per heavy atom. The maximum Gasteiger partial charge on any atom is 0.405 e. The molecule has 0 atom stereocenters. The van der Waals surface area contributed by atoms with Crippen molar-refractivity contribution < 1.29 is 9.90 Å². The zero-order valence-electron chi connectivity index (χ0n) is 11.7. The molecule has 20 heavy (non-hydrogen) atoms. The van der Waals surface area contributed by atoms with Gasteiger partial charge < -0.3 is 15.4 Å². The van der Waals surface area contributed by atoms with E-state index in [2.05, 4.69) is 46.4 Å². The van der Waals surface area contributed by atoms with Gasteiger partial charge in [-0.25, -0.2) is 9.78 Å². The zero-order chi connectivity index (χ0) is 14.8. The molecule has 6 heteroatoms. The van der Waals surface area contributed by atoms with Crippen LogP contribution in [0.5, 0.6) is 0 Å². The molecular formula is C14H17N3O2Si. The van der Waals surface area contributed by atoms with Gasteiger partial charge in [-0.05, 0) is 18.2 Å². The molecule has 1 aromatic carbocycles. The van der Waals surface area contributed by atoms with Gasteiger partial charge in [0.2, 0.25) is 0 Å². The van der Waals surface area contributed by atoms with E-state index < -0.39 is 14.2 Å². The van der Waals surface area contributed by atoms with Crippen LogP contribution >= 0.6 is 0 Å². The van der Waals surface area contributed by atoms with Gasteiger partial charge in [0, 0.05) is 5.56 Å². The Kier molecular flexibility index (Phi) is 3.81. The fourth-order valence-corrected chi connectivity index (χ4v) is 2.16. The number of H-pyrrole nitrogens is 1. The average Bonchev–Trinajstić information content (AvgIpc) is 2.75. The van der Waals surface area contributed by atoms with E-state index in [-0.39, 0.29) is 6.54 Å². The molecule has 2 aromatic rings. The van der Waals surface area contributed by atoms with Crippen LogP contribution in [0.25, 0.3) is 11.0 Å². The number of hydrogen-bond acceptors (Lipinski definition) is 2. The van der Waals surface area contributed by atoms with E-state index >= 15 is 0 Å². The van der Waals surface area contributed by atoms with Crippen LogP contribution in [0.15, 0.2) is 18.2 Å². The lowest BCUT2D eigenvalue weighted by atomic mass is 10.2. The normalized spacial score (nSPS) is 10.9. The minimum absolute atomic E-state index is 0.167. The maximum atomic E-state index is 10.5. The fourth-order valence-electron chi connectivity index (χ4n) is 1.64. The SMILES string of the molecule is C[Si](C)(C)C#Cc1ccc2nc(CNC(=O)O)[nH]c2c1. The molecule has 104 valence electrons. The van der Waals surface area contributed by atoms with Crippen molar-refractivity contribution in [3.63, 3.8) is 0 Å². The van der Waals surface area contributed by atoms with Crippen molar-refractivity contribution in [1.82, 2.24) is 15.3 Å². The smallest absolute Gasteiger partial charge is 0.405 e. The first-order valence-electron chi connectivity index (χ1n) is 6.32. The summed E-state index contributed by atoms with van der Waals surface area (Å²) < 4.78 is 0. The first-order valence-corrected chi connectivity index (χ1v) is 9.82. The second-order valence-electron chi connectivity index (χ2n) is 5.57. The lowest BCUT2D eigenvalue weighted by molar-refractivity contribution is 0.193. The van der Waals surface area contributed by atoms with Gasteiger partial charge in [0.05, 0.1) is 17.6 Å². The number of amides is 1. The number of carbonyl (C=O) groups is 1. The molecule has 0 saturated heterocycles. The average molecular weight is 287 g/mol. The van der Waals surface area contributed by atoms with Crippen LogP contribution in [0.2, 0.25) is 19.6 Å². The molecule has 2 rings (SSSR count). The summed E-state index contributed by atoms with van der Waals surface area (Å²) in [4.78, 5) is 17.9. The maximum absolute atomic E-state index is 10.5. The van der Waals surface area contributed by atoms with E-state index in [4.69, 9.17) is 5.11 Å². The molecule has 5 nitrogen and oxygen atoms in total. The van der Waals surface area contributed by atoms with E-state index in [0.29, 0.717) is 5.82 Å². The summed E-state index contributed by atoms with van der Waals surface area (Å²) in [7, 11) is -1.39. The topological polar surface area (TPSA) is 78.0 Å². The van der Waals surface area contributed by atoms with Crippen molar-refractivity contribution in [3.8, 4) is 11.5 Å². The minimum atomic E-state index is -1.39. The van der Waals surface area contributed by atoms with Gasteiger partial charge >= 0.3 is 6.09 Å². The van der Waals surface area contributed by atoms with E-state index in [1.54, 1.807) is 0 Å². The van der Waals surface area contributed by atoms with E-state index in [1.807, 2.05) is 18.2 Å². The molecule has 0 spiro atoms. The Labute approximate surface area is 118 Å². The summed E-state index contributed by atoms with van der Waals surface area (Å²) in [6.07, 6.45) is -1.06. The number of rotatable bonds is 2. The van der Waals surface area contributed by atoms with Crippen molar-refractivity contribution in [1.29, 1.82) is 0 Å². The van der Waals surface area contributed by atoms with Gasteiger partial charge in [0.25, 0.3) is 0 Å². The molecule has 0 unspecified atom stereocenters. The highest BCUT2D eigenvalue weighted by atomic mass is 28.3. The monoisotopic (exact) mass is 287 g/mol. The highest BCUT2D eigenvalue weighted by Gasteiger charge is 2.08.